The minimum Gasteiger partial charge on any atom is -0.454 e. The van der Waals surface area contributed by atoms with Crippen LogP contribution in [0.5, 0.6) is 11.5 Å². The van der Waals surface area contributed by atoms with Gasteiger partial charge in [0.1, 0.15) is 5.75 Å². The normalized spacial score (nSPS) is 10.4. The fraction of sp³-hybridized carbons (Fsp3) is 0.143. The summed E-state index contributed by atoms with van der Waals surface area (Å²) >= 11 is 9.28. The minimum absolute atomic E-state index is 0.208. The molecule has 4 heteroatoms. The van der Waals surface area contributed by atoms with Gasteiger partial charge in [-0.15, -0.1) is 0 Å². The van der Waals surface area contributed by atoms with Crippen LogP contribution in [0.4, 0.5) is 4.39 Å². The van der Waals surface area contributed by atoms with E-state index in [2.05, 4.69) is 15.9 Å². The van der Waals surface area contributed by atoms with Crippen molar-refractivity contribution in [1.29, 1.82) is 0 Å². The maximum Gasteiger partial charge on any atom is 0.168 e. The number of hydrogen-bond donors (Lipinski definition) is 0. The van der Waals surface area contributed by atoms with Gasteiger partial charge in [0.2, 0.25) is 0 Å². The van der Waals surface area contributed by atoms with E-state index >= 15 is 0 Å². The molecule has 0 radical (unpaired) electrons. The summed E-state index contributed by atoms with van der Waals surface area (Å²) in [5, 5.41) is 1.18. The minimum atomic E-state index is -0.349. The van der Waals surface area contributed by atoms with Gasteiger partial charge >= 0.3 is 0 Å². The molecule has 0 saturated carbocycles. The first-order chi connectivity index (χ1) is 8.61. The summed E-state index contributed by atoms with van der Waals surface area (Å²) in [5.74, 6) is 0.418. The average Bonchev–Trinajstić information content (AvgIpc) is 2.35. The van der Waals surface area contributed by atoms with Crippen molar-refractivity contribution in [3.8, 4) is 11.5 Å². The monoisotopic (exact) mass is 328 g/mol. The summed E-state index contributed by atoms with van der Waals surface area (Å²) in [6.07, 6.45) is 0. The molecule has 0 aromatic heterocycles. The largest absolute Gasteiger partial charge is 0.454 e. The molecule has 1 nitrogen and oxygen atoms in total. The molecule has 0 fully saturated rings. The van der Waals surface area contributed by atoms with Crippen LogP contribution in [0.25, 0.3) is 0 Å². The third kappa shape index (κ3) is 2.85. The second-order valence-corrected chi connectivity index (χ2v) is 4.87. The third-order valence-electron chi connectivity index (χ3n) is 2.55. The molecule has 0 amide bonds. The van der Waals surface area contributed by atoms with Gasteiger partial charge in [-0.1, -0.05) is 45.7 Å². The van der Waals surface area contributed by atoms with Crippen LogP contribution >= 0.6 is 27.5 Å². The lowest BCUT2D eigenvalue weighted by atomic mass is 10.2. The number of hydrogen-bond acceptors (Lipinski definition) is 1. The lowest BCUT2D eigenvalue weighted by Gasteiger charge is -2.11. The van der Waals surface area contributed by atoms with Crippen LogP contribution < -0.4 is 4.74 Å². The standard InChI is InChI=1S/C14H11BrClFO/c1-9-3-2-4-12(14(9)17)18-13-7-11(16)6-5-10(13)8-15/h2-7H,8H2,1H3. The topological polar surface area (TPSA) is 9.23 Å². The van der Waals surface area contributed by atoms with Crippen molar-refractivity contribution < 1.29 is 9.13 Å². The predicted octanol–water partition coefficient (Wildman–Crippen LogP) is 5.47. The zero-order valence-electron chi connectivity index (χ0n) is 9.71. The number of benzene rings is 2. The summed E-state index contributed by atoms with van der Waals surface area (Å²) in [4.78, 5) is 0. The molecule has 0 N–H and O–H groups in total. The van der Waals surface area contributed by atoms with Crippen LogP contribution in [0.2, 0.25) is 5.02 Å². The molecular formula is C14H11BrClFO. The van der Waals surface area contributed by atoms with Crippen LogP contribution in [0.15, 0.2) is 36.4 Å². The maximum absolute atomic E-state index is 13.9. The van der Waals surface area contributed by atoms with Crippen molar-refractivity contribution in [3.63, 3.8) is 0 Å². The molecule has 0 aliphatic rings. The van der Waals surface area contributed by atoms with E-state index in [-0.39, 0.29) is 11.6 Å². The predicted molar refractivity (Wildman–Crippen MR) is 75.3 cm³/mol. The van der Waals surface area contributed by atoms with Crippen molar-refractivity contribution >= 4 is 27.5 Å². The molecule has 0 saturated heterocycles. The Morgan fingerprint density at radius 2 is 2.00 bits per heavy atom. The first-order valence-corrected chi connectivity index (χ1v) is 6.89. The molecule has 0 spiro atoms. The van der Waals surface area contributed by atoms with Gasteiger partial charge < -0.3 is 4.74 Å². The third-order valence-corrected chi connectivity index (χ3v) is 3.39. The van der Waals surface area contributed by atoms with Gasteiger partial charge in [-0.25, -0.2) is 4.39 Å². The van der Waals surface area contributed by atoms with E-state index in [9.17, 15) is 4.39 Å². The lowest BCUT2D eigenvalue weighted by Crippen LogP contribution is -1.93. The number of aryl methyl sites for hydroxylation is 1. The van der Waals surface area contributed by atoms with Crippen LogP contribution in [0.1, 0.15) is 11.1 Å². The van der Waals surface area contributed by atoms with E-state index in [1.165, 1.54) is 0 Å². The molecule has 2 aromatic rings. The van der Waals surface area contributed by atoms with Gasteiger partial charge in [0.15, 0.2) is 11.6 Å². The van der Waals surface area contributed by atoms with E-state index in [1.807, 2.05) is 6.07 Å². The molecular weight excluding hydrogens is 319 g/mol. The maximum atomic E-state index is 13.9. The second-order valence-electron chi connectivity index (χ2n) is 3.87. The highest BCUT2D eigenvalue weighted by Crippen LogP contribution is 2.31. The SMILES string of the molecule is Cc1cccc(Oc2cc(Cl)ccc2CBr)c1F. The van der Waals surface area contributed by atoms with E-state index in [4.69, 9.17) is 16.3 Å². The summed E-state index contributed by atoms with van der Waals surface area (Å²) in [7, 11) is 0. The zero-order valence-corrected chi connectivity index (χ0v) is 12.1. The fourth-order valence-electron chi connectivity index (χ4n) is 1.55. The van der Waals surface area contributed by atoms with Crippen LogP contribution in [0, 0.1) is 12.7 Å². The Labute approximate surface area is 119 Å². The van der Waals surface area contributed by atoms with Gasteiger partial charge in [-0.2, -0.15) is 0 Å². The van der Waals surface area contributed by atoms with Crippen LogP contribution in [0.3, 0.4) is 0 Å². The molecule has 0 aliphatic carbocycles. The number of halogens is 3. The quantitative estimate of drug-likeness (QED) is 0.678. The summed E-state index contributed by atoms with van der Waals surface area (Å²) in [6, 6.07) is 10.4. The van der Waals surface area contributed by atoms with Crippen molar-refractivity contribution in [1.82, 2.24) is 0 Å². The molecule has 2 aromatic carbocycles. The Morgan fingerprint density at radius 3 is 2.72 bits per heavy atom. The smallest absolute Gasteiger partial charge is 0.168 e. The van der Waals surface area contributed by atoms with E-state index in [0.29, 0.717) is 21.7 Å². The van der Waals surface area contributed by atoms with Crippen LogP contribution in [-0.2, 0) is 5.33 Å². The molecule has 94 valence electrons. The molecule has 0 heterocycles. The summed E-state index contributed by atoms with van der Waals surface area (Å²) in [6.45, 7) is 1.70. The van der Waals surface area contributed by atoms with Crippen molar-refractivity contribution in [2.45, 2.75) is 12.3 Å². The Balaban J connectivity index is 2.39. The van der Waals surface area contributed by atoms with Gasteiger partial charge in [-0.05, 0) is 30.7 Å². The molecule has 18 heavy (non-hydrogen) atoms. The Hall–Kier alpha value is -1.06. The Bertz CT molecular complexity index is 572. The fourth-order valence-corrected chi connectivity index (χ4v) is 2.18. The van der Waals surface area contributed by atoms with Crippen molar-refractivity contribution in [2.24, 2.45) is 0 Å². The Kier molecular flexibility index (Phi) is 4.25. The first kappa shape index (κ1) is 13.4. The van der Waals surface area contributed by atoms with Gasteiger partial charge in [0.25, 0.3) is 0 Å². The molecule has 0 unspecified atom stereocenters. The number of alkyl halides is 1. The zero-order chi connectivity index (χ0) is 13.1. The van der Waals surface area contributed by atoms with Crippen molar-refractivity contribution in [3.05, 3.63) is 58.4 Å². The molecule has 0 bridgehead atoms. The highest BCUT2D eigenvalue weighted by molar-refractivity contribution is 9.08. The molecule has 2 rings (SSSR count). The van der Waals surface area contributed by atoms with E-state index < -0.39 is 0 Å². The van der Waals surface area contributed by atoms with Crippen molar-refractivity contribution in [2.75, 3.05) is 0 Å². The van der Waals surface area contributed by atoms with Crippen LogP contribution in [-0.4, -0.2) is 0 Å². The van der Waals surface area contributed by atoms with Gasteiger partial charge in [0.05, 0.1) is 0 Å². The van der Waals surface area contributed by atoms with E-state index in [0.717, 1.165) is 5.56 Å². The summed E-state index contributed by atoms with van der Waals surface area (Å²) in [5.41, 5.74) is 1.47. The molecule has 0 atom stereocenters. The summed E-state index contributed by atoms with van der Waals surface area (Å²) < 4.78 is 19.5. The average molecular weight is 330 g/mol. The molecule has 0 aliphatic heterocycles. The van der Waals surface area contributed by atoms with E-state index in [1.54, 1.807) is 37.3 Å². The Morgan fingerprint density at radius 1 is 1.22 bits per heavy atom. The van der Waals surface area contributed by atoms with Gasteiger partial charge in [0, 0.05) is 15.9 Å². The lowest BCUT2D eigenvalue weighted by molar-refractivity contribution is 0.437. The second kappa shape index (κ2) is 5.72. The highest BCUT2D eigenvalue weighted by atomic mass is 79.9. The number of ether oxygens (including phenoxy) is 1. The first-order valence-electron chi connectivity index (χ1n) is 5.39. The number of rotatable bonds is 3. The highest BCUT2D eigenvalue weighted by Gasteiger charge is 2.10. The van der Waals surface area contributed by atoms with Gasteiger partial charge in [-0.3, -0.25) is 0 Å².